The van der Waals surface area contributed by atoms with Crippen LogP contribution in [-0.4, -0.2) is 36.0 Å². The van der Waals surface area contributed by atoms with Crippen molar-refractivity contribution in [2.45, 2.75) is 0 Å². The predicted octanol–water partition coefficient (Wildman–Crippen LogP) is 3.77. The van der Waals surface area contributed by atoms with Gasteiger partial charge in [0.2, 0.25) is 5.89 Å². The number of hydrogen-bond acceptors (Lipinski definition) is 6. The fraction of sp³-hybridized carbons (Fsp3) is 0.136. The summed E-state index contributed by atoms with van der Waals surface area (Å²) in [4.78, 5) is 21.2. The summed E-state index contributed by atoms with van der Waals surface area (Å²) in [6.45, 7) is 1.50. The lowest BCUT2D eigenvalue weighted by atomic mass is 10.1. The van der Waals surface area contributed by atoms with Gasteiger partial charge in [-0.25, -0.2) is 9.97 Å². The number of anilines is 2. The number of fused-ring (bicyclic) bond motifs is 1. The molecule has 0 aliphatic rings. The van der Waals surface area contributed by atoms with Gasteiger partial charge in [0.25, 0.3) is 5.91 Å². The summed E-state index contributed by atoms with van der Waals surface area (Å²) in [5, 5.41) is 10.2. The van der Waals surface area contributed by atoms with E-state index in [1.54, 1.807) is 19.3 Å². The third-order valence-corrected chi connectivity index (χ3v) is 4.49. The van der Waals surface area contributed by atoms with Crippen LogP contribution in [0.1, 0.15) is 10.4 Å². The van der Waals surface area contributed by atoms with Crippen LogP contribution in [0.4, 0.5) is 11.4 Å². The molecule has 0 atom stereocenters. The van der Waals surface area contributed by atoms with Gasteiger partial charge in [-0.15, -0.1) is 0 Å². The molecule has 0 fully saturated rings. The van der Waals surface area contributed by atoms with Gasteiger partial charge in [-0.2, -0.15) is 0 Å². The quantitative estimate of drug-likeness (QED) is 0.418. The number of para-hydroxylation sites is 1. The largest absolute Gasteiger partial charge is 0.443 e. The molecule has 146 valence electrons. The third-order valence-electron chi connectivity index (χ3n) is 4.49. The van der Waals surface area contributed by atoms with Gasteiger partial charge in [0.15, 0.2) is 0 Å². The number of pyridine rings is 1. The maximum atomic E-state index is 12.5. The van der Waals surface area contributed by atoms with Crippen molar-refractivity contribution in [3.63, 3.8) is 0 Å². The smallest absolute Gasteiger partial charge is 0.251 e. The van der Waals surface area contributed by atoms with Crippen LogP contribution in [0.25, 0.3) is 22.5 Å². The van der Waals surface area contributed by atoms with E-state index < -0.39 is 0 Å². The highest BCUT2D eigenvalue weighted by Gasteiger charge is 2.15. The molecule has 0 aliphatic heterocycles. The Morgan fingerprint density at radius 3 is 2.52 bits per heavy atom. The molecule has 7 heteroatoms. The number of rotatable bonds is 7. The predicted molar refractivity (Wildman–Crippen MR) is 114 cm³/mol. The number of amides is 1. The maximum Gasteiger partial charge on any atom is 0.251 e. The van der Waals surface area contributed by atoms with E-state index in [4.69, 9.17) is 4.42 Å². The Kier molecular flexibility index (Phi) is 5.38. The van der Waals surface area contributed by atoms with E-state index in [1.807, 2.05) is 48.5 Å². The zero-order valence-corrected chi connectivity index (χ0v) is 16.0. The Morgan fingerprint density at radius 2 is 1.79 bits per heavy atom. The zero-order valence-electron chi connectivity index (χ0n) is 16.0. The lowest BCUT2D eigenvalue weighted by molar-refractivity contribution is 0.0964. The van der Waals surface area contributed by atoms with Gasteiger partial charge in [0.05, 0.1) is 17.3 Å². The molecule has 0 radical (unpaired) electrons. The molecule has 4 rings (SSSR count). The fourth-order valence-corrected chi connectivity index (χ4v) is 3.09. The van der Waals surface area contributed by atoms with Crippen LogP contribution in [0.5, 0.6) is 0 Å². The van der Waals surface area contributed by atoms with Crippen molar-refractivity contribution in [1.29, 1.82) is 0 Å². The monoisotopic (exact) mass is 387 g/mol. The van der Waals surface area contributed by atoms with E-state index in [0.29, 0.717) is 22.7 Å². The summed E-state index contributed by atoms with van der Waals surface area (Å²) in [6.07, 6.45) is 3.04. The standard InChI is InChI=1S/C22H21N5O2/c1-23-21(28)18-14-20(22-26-11-12-29-22)27-19-8-7-16(13-17(18)19)25-10-9-24-15-5-3-2-4-6-15/h2-8,11-14,24-25H,9-10H2,1H3,(H,23,28). The summed E-state index contributed by atoms with van der Waals surface area (Å²) in [6, 6.07) is 17.5. The fourth-order valence-electron chi connectivity index (χ4n) is 3.09. The molecule has 4 aromatic rings. The Morgan fingerprint density at radius 1 is 1.00 bits per heavy atom. The first-order chi connectivity index (χ1) is 14.2. The molecular formula is C22H21N5O2. The lowest BCUT2D eigenvalue weighted by Gasteiger charge is -2.12. The van der Waals surface area contributed by atoms with Crippen LogP contribution in [0, 0.1) is 0 Å². The van der Waals surface area contributed by atoms with Gasteiger partial charge < -0.3 is 20.4 Å². The van der Waals surface area contributed by atoms with Crippen molar-refractivity contribution < 1.29 is 9.21 Å². The summed E-state index contributed by atoms with van der Waals surface area (Å²) in [5.41, 5.74) is 3.75. The third kappa shape index (κ3) is 4.19. The van der Waals surface area contributed by atoms with Crippen LogP contribution < -0.4 is 16.0 Å². The number of nitrogens with one attached hydrogen (secondary N) is 3. The summed E-state index contributed by atoms with van der Waals surface area (Å²) in [5.74, 6) is 0.194. The van der Waals surface area contributed by atoms with Crippen molar-refractivity contribution in [1.82, 2.24) is 15.3 Å². The minimum atomic E-state index is -0.187. The molecule has 7 nitrogen and oxygen atoms in total. The van der Waals surface area contributed by atoms with Crippen LogP contribution in [0.2, 0.25) is 0 Å². The Bertz CT molecular complexity index is 1110. The van der Waals surface area contributed by atoms with Crippen LogP contribution in [0.3, 0.4) is 0 Å². The lowest BCUT2D eigenvalue weighted by Crippen LogP contribution is -2.18. The zero-order chi connectivity index (χ0) is 20.1. The first kappa shape index (κ1) is 18.5. The molecule has 0 unspecified atom stereocenters. The first-order valence-corrected chi connectivity index (χ1v) is 9.34. The Balaban J connectivity index is 1.55. The Labute approximate surface area is 168 Å². The molecule has 0 spiro atoms. The number of carbonyl (C=O) groups is 1. The van der Waals surface area contributed by atoms with E-state index in [2.05, 4.69) is 25.9 Å². The number of oxazole rings is 1. The van der Waals surface area contributed by atoms with Crippen molar-refractivity contribution in [2.24, 2.45) is 0 Å². The molecular weight excluding hydrogens is 366 g/mol. The van der Waals surface area contributed by atoms with Gasteiger partial charge in [0, 0.05) is 36.9 Å². The molecule has 2 aromatic heterocycles. The van der Waals surface area contributed by atoms with Gasteiger partial charge in [-0.3, -0.25) is 4.79 Å². The summed E-state index contributed by atoms with van der Waals surface area (Å²) >= 11 is 0. The number of hydrogen-bond donors (Lipinski definition) is 3. The van der Waals surface area contributed by atoms with E-state index in [-0.39, 0.29) is 5.91 Å². The summed E-state index contributed by atoms with van der Waals surface area (Å²) in [7, 11) is 1.61. The average Bonchev–Trinajstić information content (AvgIpc) is 3.31. The Hall–Kier alpha value is -3.87. The highest BCUT2D eigenvalue weighted by Crippen LogP contribution is 2.26. The van der Waals surface area contributed by atoms with Crippen molar-refractivity contribution >= 4 is 28.2 Å². The van der Waals surface area contributed by atoms with E-state index in [0.717, 1.165) is 29.9 Å². The van der Waals surface area contributed by atoms with Crippen LogP contribution in [-0.2, 0) is 0 Å². The van der Waals surface area contributed by atoms with E-state index >= 15 is 0 Å². The van der Waals surface area contributed by atoms with Gasteiger partial charge in [-0.05, 0) is 36.4 Å². The topological polar surface area (TPSA) is 92.1 Å². The highest BCUT2D eigenvalue weighted by atomic mass is 16.3. The van der Waals surface area contributed by atoms with Crippen molar-refractivity contribution in [2.75, 3.05) is 30.8 Å². The van der Waals surface area contributed by atoms with Gasteiger partial charge in [0.1, 0.15) is 12.0 Å². The number of benzene rings is 2. The van der Waals surface area contributed by atoms with Crippen LogP contribution >= 0.6 is 0 Å². The van der Waals surface area contributed by atoms with E-state index in [1.165, 1.54) is 6.26 Å². The molecule has 1 amide bonds. The molecule has 2 heterocycles. The SMILES string of the molecule is CNC(=O)c1cc(-c2ncco2)nc2ccc(NCCNc3ccccc3)cc12. The average molecular weight is 387 g/mol. The molecule has 0 saturated carbocycles. The number of aromatic nitrogens is 2. The molecule has 3 N–H and O–H groups in total. The first-order valence-electron chi connectivity index (χ1n) is 9.34. The van der Waals surface area contributed by atoms with Crippen molar-refractivity contribution in [3.05, 3.63) is 72.6 Å². The minimum absolute atomic E-state index is 0.187. The molecule has 0 aliphatic carbocycles. The van der Waals surface area contributed by atoms with Crippen molar-refractivity contribution in [3.8, 4) is 11.6 Å². The van der Waals surface area contributed by atoms with Crippen LogP contribution in [0.15, 0.2) is 71.5 Å². The summed E-state index contributed by atoms with van der Waals surface area (Å²) < 4.78 is 5.34. The molecule has 29 heavy (non-hydrogen) atoms. The molecule has 0 saturated heterocycles. The van der Waals surface area contributed by atoms with E-state index in [9.17, 15) is 4.79 Å². The minimum Gasteiger partial charge on any atom is -0.443 e. The van der Waals surface area contributed by atoms with Gasteiger partial charge >= 0.3 is 0 Å². The second kappa shape index (κ2) is 8.43. The second-order valence-electron chi connectivity index (χ2n) is 6.42. The maximum absolute atomic E-state index is 12.5. The second-order valence-corrected chi connectivity index (χ2v) is 6.42. The highest BCUT2D eigenvalue weighted by molar-refractivity contribution is 6.07. The number of carbonyl (C=O) groups excluding carboxylic acids is 1. The molecule has 2 aromatic carbocycles. The number of nitrogens with zero attached hydrogens (tertiary/aromatic N) is 2. The molecule has 0 bridgehead atoms. The normalized spacial score (nSPS) is 10.7. The van der Waals surface area contributed by atoms with Gasteiger partial charge in [-0.1, -0.05) is 18.2 Å².